The van der Waals surface area contributed by atoms with Crippen molar-refractivity contribution >= 4 is 57.3 Å². The number of imide groups is 1. The van der Waals surface area contributed by atoms with Gasteiger partial charge in [-0.25, -0.2) is 27.5 Å². The summed E-state index contributed by atoms with van der Waals surface area (Å²) in [5.41, 5.74) is 7.74. The molecule has 1 unspecified atom stereocenters. The minimum atomic E-state index is -2.94. The van der Waals surface area contributed by atoms with Gasteiger partial charge in [-0.2, -0.15) is 0 Å². The number of piperazine rings is 1. The molecular weight excluding hydrogens is 868 g/mol. The quantitative estimate of drug-likeness (QED) is 0.169. The van der Waals surface area contributed by atoms with Gasteiger partial charge in [0, 0.05) is 96.3 Å². The largest absolute Gasteiger partial charge is 0.385 e. The van der Waals surface area contributed by atoms with Crippen molar-refractivity contribution in [2.45, 2.75) is 68.9 Å². The summed E-state index contributed by atoms with van der Waals surface area (Å²) in [4.78, 5) is 68.3. The molecule has 4 aliphatic heterocycles. The van der Waals surface area contributed by atoms with E-state index in [0.29, 0.717) is 86.8 Å². The fourth-order valence-corrected chi connectivity index (χ4v) is 10.6. The van der Waals surface area contributed by atoms with Gasteiger partial charge in [0.05, 0.1) is 52.9 Å². The number of fused-ring (bicyclic) bond motifs is 3. The SMILES string of the molecule is CNc1cc(N2CCc3c(-c4ccc(CN5CC[C@H](N6CCN(c7cccc8c7n(C)c(=O)n8C7CCC(=O)NC7=O)CC6)C(F)(F)C5)cn4)cccc32)nn2c(C(=O)N[C@@H]3C[C@@H]3F)cnc12. The zero-order valence-electron chi connectivity index (χ0n) is 37.1. The standard InChI is InChI=1S/C47H50F3N13O4/c1-51-33-22-40(56-63-38(24-53-43(33)63)45(66)54-32-21-30(32)48)61-16-13-29-28(5-3-6-34(29)61)31-10-9-27(23-52-31)25-58-15-14-39(47(49,50)26-58)60-19-17-59(18-20-60)35-7-4-8-36-42(35)57(2)46(67)62(36)37-11-12-41(64)55-44(37)65/h3-10,22-24,30,32,37,39,51H,11-21,25-26H2,1-2H3,(H,54,66)(H,55,64,65)/t30-,32+,37?,39-/m0/s1. The minimum absolute atomic E-state index is 0.149. The minimum Gasteiger partial charge on any atom is -0.385 e. The molecule has 17 nitrogen and oxygen atoms in total. The number of nitrogens with zero attached hydrogens (tertiary/aromatic N) is 10. The van der Waals surface area contributed by atoms with Gasteiger partial charge in [0.15, 0.2) is 17.2 Å². The summed E-state index contributed by atoms with van der Waals surface area (Å²) >= 11 is 0. The Hall–Kier alpha value is -6.80. The summed E-state index contributed by atoms with van der Waals surface area (Å²) in [5, 5.41) is 13.1. The molecule has 3 saturated heterocycles. The molecule has 348 valence electrons. The number of halogens is 3. The fraction of sp³-hybridized carbons (Fsp3) is 0.426. The van der Waals surface area contributed by atoms with Gasteiger partial charge in [0.25, 0.3) is 11.8 Å². The van der Waals surface area contributed by atoms with E-state index in [1.807, 2.05) is 53.4 Å². The Morgan fingerprint density at radius 2 is 1.72 bits per heavy atom. The lowest BCUT2D eigenvalue weighted by molar-refractivity contribution is -0.135. The molecule has 20 heteroatoms. The summed E-state index contributed by atoms with van der Waals surface area (Å²) in [6.07, 6.45) is 3.91. The number of imidazole rings is 2. The van der Waals surface area contributed by atoms with Crippen molar-refractivity contribution in [3.05, 3.63) is 94.3 Å². The number of para-hydroxylation sites is 1. The van der Waals surface area contributed by atoms with Gasteiger partial charge >= 0.3 is 5.69 Å². The molecule has 3 N–H and O–H groups in total. The number of hydrogen-bond donors (Lipinski definition) is 3. The molecule has 5 aliphatic rings. The molecule has 2 aromatic carbocycles. The topological polar surface area (TPSA) is 170 Å². The van der Waals surface area contributed by atoms with Gasteiger partial charge < -0.3 is 20.4 Å². The molecule has 1 saturated carbocycles. The number of aromatic nitrogens is 6. The predicted octanol–water partition coefficient (Wildman–Crippen LogP) is 4.03. The van der Waals surface area contributed by atoms with E-state index in [2.05, 4.69) is 30.7 Å². The molecular formula is C47H50F3N13O4. The number of alkyl halides is 3. The number of piperidine rings is 2. The molecule has 0 spiro atoms. The van der Waals surface area contributed by atoms with Gasteiger partial charge in [-0.1, -0.05) is 24.3 Å². The Kier molecular flexibility index (Phi) is 10.6. The van der Waals surface area contributed by atoms with Crippen LogP contribution >= 0.6 is 0 Å². The summed E-state index contributed by atoms with van der Waals surface area (Å²) in [7, 11) is 3.44. The Morgan fingerprint density at radius 1 is 0.925 bits per heavy atom. The van der Waals surface area contributed by atoms with E-state index < -0.39 is 42.0 Å². The second-order valence-corrected chi connectivity index (χ2v) is 18.3. The Morgan fingerprint density at radius 3 is 2.45 bits per heavy atom. The lowest BCUT2D eigenvalue weighted by Crippen LogP contribution is -2.61. The van der Waals surface area contributed by atoms with Crippen molar-refractivity contribution in [1.29, 1.82) is 0 Å². The van der Waals surface area contributed by atoms with Crippen molar-refractivity contribution < 1.29 is 27.6 Å². The number of nitrogens with one attached hydrogen (secondary N) is 3. The van der Waals surface area contributed by atoms with E-state index in [0.717, 1.165) is 40.2 Å². The molecule has 4 atom stereocenters. The van der Waals surface area contributed by atoms with Crippen LogP contribution in [0.5, 0.6) is 0 Å². The number of pyridine rings is 1. The van der Waals surface area contributed by atoms with Crippen molar-refractivity contribution in [1.82, 2.24) is 49.1 Å². The summed E-state index contributed by atoms with van der Waals surface area (Å²) in [6, 6.07) is 15.2. The van der Waals surface area contributed by atoms with Crippen LogP contribution in [0.25, 0.3) is 27.9 Å². The van der Waals surface area contributed by atoms with E-state index >= 15 is 8.78 Å². The normalized spacial score (nSPS) is 23.2. The van der Waals surface area contributed by atoms with Crippen LogP contribution in [0.1, 0.15) is 53.3 Å². The monoisotopic (exact) mass is 917 g/mol. The fourth-order valence-electron chi connectivity index (χ4n) is 10.6. The first-order chi connectivity index (χ1) is 32.4. The van der Waals surface area contributed by atoms with Crippen LogP contribution in [0.15, 0.2) is 71.8 Å². The average Bonchev–Trinajstić information content (AvgIpc) is 3.60. The van der Waals surface area contributed by atoms with Crippen molar-refractivity contribution in [3.8, 4) is 11.3 Å². The van der Waals surface area contributed by atoms with Crippen LogP contribution in [0.3, 0.4) is 0 Å². The maximum Gasteiger partial charge on any atom is 0.329 e. The Labute approximate surface area is 382 Å². The first-order valence-corrected chi connectivity index (χ1v) is 22.9. The maximum atomic E-state index is 16.1. The highest BCUT2D eigenvalue weighted by molar-refractivity contribution is 6.00. The predicted molar refractivity (Wildman–Crippen MR) is 245 cm³/mol. The highest BCUT2D eigenvalue weighted by Gasteiger charge is 2.48. The third-order valence-electron chi connectivity index (χ3n) is 14.1. The van der Waals surface area contributed by atoms with E-state index in [1.54, 1.807) is 31.3 Å². The Bertz CT molecular complexity index is 3020. The number of amides is 3. The molecule has 0 bridgehead atoms. The van der Waals surface area contributed by atoms with Gasteiger partial charge in [0.1, 0.15) is 12.2 Å². The van der Waals surface area contributed by atoms with E-state index in [9.17, 15) is 23.6 Å². The summed E-state index contributed by atoms with van der Waals surface area (Å²) in [6.45, 7) is 2.98. The van der Waals surface area contributed by atoms with Gasteiger partial charge in [0.2, 0.25) is 11.8 Å². The van der Waals surface area contributed by atoms with Gasteiger partial charge in [-0.05, 0) is 54.7 Å². The summed E-state index contributed by atoms with van der Waals surface area (Å²) in [5.74, 6) is -3.61. The maximum absolute atomic E-state index is 16.1. The number of anilines is 4. The smallest absolute Gasteiger partial charge is 0.329 e. The molecule has 8 heterocycles. The highest BCUT2D eigenvalue weighted by atomic mass is 19.3. The number of likely N-dealkylation sites (tertiary alicyclic amines) is 1. The number of carbonyl (C=O) groups excluding carboxylic acids is 3. The second-order valence-electron chi connectivity index (χ2n) is 18.3. The van der Waals surface area contributed by atoms with Crippen molar-refractivity contribution in [2.75, 3.05) is 68.0 Å². The first kappa shape index (κ1) is 42.8. The molecule has 0 radical (unpaired) electrons. The van der Waals surface area contributed by atoms with E-state index in [-0.39, 0.29) is 36.7 Å². The second kappa shape index (κ2) is 16.5. The summed E-state index contributed by atoms with van der Waals surface area (Å²) < 4.78 is 50.3. The average molecular weight is 918 g/mol. The molecule has 6 aromatic rings. The highest BCUT2D eigenvalue weighted by Crippen LogP contribution is 2.41. The molecule has 3 amide bonds. The van der Waals surface area contributed by atoms with Crippen LogP contribution < -0.4 is 31.4 Å². The molecule has 1 aliphatic carbocycles. The van der Waals surface area contributed by atoms with Crippen LogP contribution in [0.2, 0.25) is 0 Å². The first-order valence-electron chi connectivity index (χ1n) is 22.9. The van der Waals surface area contributed by atoms with Crippen molar-refractivity contribution in [3.63, 3.8) is 0 Å². The van der Waals surface area contributed by atoms with Gasteiger partial charge in [-0.15, -0.1) is 5.10 Å². The number of benzene rings is 2. The number of aryl methyl sites for hydroxylation is 1. The van der Waals surface area contributed by atoms with Crippen LogP contribution in [-0.4, -0.2) is 133 Å². The van der Waals surface area contributed by atoms with Crippen LogP contribution in [0.4, 0.5) is 36.1 Å². The zero-order chi connectivity index (χ0) is 46.3. The molecule has 11 rings (SSSR count). The van der Waals surface area contributed by atoms with Crippen molar-refractivity contribution in [2.24, 2.45) is 7.05 Å². The number of hydrogen-bond acceptors (Lipinski definition) is 12. The third-order valence-corrected chi connectivity index (χ3v) is 14.1. The van der Waals surface area contributed by atoms with Crippen LogP contribution in [-0.2, 0) is 29.6 Å². The van der Waals surface area contributed by atoms with Crippen LogP contribution in [0, 0.1) is 0 Å². The number of carbonyl (C=O) groups is 3. The lowest BCUT2D eigenvalue weighted by Gasteiger charge is -2.46. The molecule has 4 fully saturated rings. The zero-order valence-corrected chi connectivity index (χ0v) is 37.1. The Balaban J connectivity index is 0.736. The third kappa shape index (κ3) is 7.55. The van der Waals surface area contributed by atoms with E-state index in [4.69, 9.17) is 10.1 Å². The van der Waals surface area contributed by atoms with Gasteiger partial charge in [-0.3, -0.25) is 43.6 Å². The molecule has 67 heavy (non-hydrogen) atoms. The van der Waals surface area contributed by atoms with E-state index in [1.165, 1.54) is 19.8 Å². The lowest BCUT2D eigenvalue weighted by atomic mass is 9.97. The molecule has 4 aromatic heterocycles. The number of rotatable bonds is 10.